The molecule has 144 valence electrons. The molecule has 2 aromatic heterocycles. The minimum atomic E-state index is -0.105. The van der Waals surface area contributed by atoms with Gasteiger partial charge in [-0.25, -0.2) is 4.98 Å². The highest BCUT2D eigenvalue weighted by Crippen LogP contribution is 2.31. The topological polar surface area (TPSA) is 80.3 Å². The molecule has 4 rings (SSSR count). The number of thiophene rings is 1. The van der Waals surface area contributed by atoms with Crippen LogP contribution in [0.4, 0.5) is 5.13 Å². The summed E-state index contributed by atoms with van der Waals surface area (Å²) < 4.78 is 5.63. The van der Waals surface area contributed by atoms with Crippen LogP contribution in [0.3, 0.4) is 0 Å². The summed E-state index contributed by atoms with van der Waals surface area (Å²) in [4.78, 5) is 29.9. The Balaban J connectivity index is 1.31. The molecule has 0 saturated heterocycles. The molecule has 0 aliphatic carbocycles. The molecule has 0 saturated carbocycles. The van der Waals surface area contributed by atoms with Gasteiger partial charge in [0.2, 0.25) is 11.8 Å². The first-order valence-corrected chi connectivity index (χ1v) is 10.7. The number of rotatable bonds is 6. The van der Waals surface area contributed by atoms with Gasteiger partial charge in [0.05, 0.1) is 31.2 Å². The van der Waals surface area contributed by atoms with Gasteiger partial charge in [0, 0.05) is 22.2 Å². The first-order valence-electron chi connectivity index (χ1n) is 8.95. The van der Waals surface area contributed by atoms with Crippen LogP contribution in [-0.2, 0) is 22.4 Å². The molecule has 3 heterocycles. The van der Waals surface area contributed by atoms with Crippen LogP contribution in [0.1, 0.15) is 28.6 Å². The molecule has 0 spiro atoms. The van der Waals surface area contributed by atoms with Crippen LogP contribution in [0.15, 0.2) is 47.2 Å². The van der Waals surface area contributed by atoms with E-state index < -0.39 is 0 Å². The number of nitrogens with zero attached hydrogens (tertiary/aromatic N) is 1. The zero-order valence-electron chi connectivity index (χ0n) is 15.0. The van der Waals surface area contributed by atoms with Crippen LogP contribution in [0, 0.1) is 0 Å². The van der Waals surface area contributed by atoms with Gasteiger partial charge in [0.25, 0.3) is 0 Å². The highest BCUT2D eigenvalue weighted by atomic mass is 32.1. The lowest BCUT2D eigenvalue weighted by molar-refractivity contribution is -0.121. The number of para-hydroxylation sites is 1. The molecule has 0 fully saturated rings. The maximum absolute atomic E-state index is 12.5. The third-order valence-electron chi connectivity index (χ3n) is 4.35. The van der Waals surface area contributed by atoms with E-state index in [9.17, 15) is 9.59 Å². The van der Waals surface area contributed by atoms with E-state index in [1.807, 2.05) is 41.8 Å². The zero-order valence-corrected chi connectivity index (χ0v) is 16.6. The molecule has 0 unspecified atom stereocenters. The fraction of sp³-hybridized carbons (Fsp3) is 0.250. The van der Waals surface area contributed by atoms with Crippen molar-refractivity contribution in [2.24, 2.45) is 0 Å². The van der Waals surface area contributed by atoms with Crippen molar-refractivity contribution in [3.63, 3.8) is 0 Å². The molecule has 8 heteroatoms. The van der Waals surface area contributed by atoms with Crippen LogP contribution in [0.5, 0.6) is 5.75 Å². The SMILES string of the molecule is O=C(Cc1cccs1)Nc1nc(CC(=O)N[C@@H]2CCOc3ccccc32)cs1. The molecule has 1 aliphatic heterocycles. The molecule has 0 radical (unpaired) electrons. The minimum Gasteiger partial charge on any atom is -0.493 e. The van der Waals surface area contributed by atoms with E-state index in [0.717, 1.165) is 22.6 Å². The van der Waals surface area contributed by atoms with Crippen molar-refractivity contribution in [1.82, 2.24) is 10.3 Å². The Bertz CT molecular complexity index is 969. The monoisotopic (exact) mass is 413 g/mol. The highest BCUT2D eigenvalue weighted by Gasteiger charge is 2.23. The molecular formula is C20H19N3O3S2. The number of fused-ring (bicyclic) bond motifs is 1. The predicted molar refractivity (Wildman–Crippen MR) is 110 cm³/mol. The number of ether oxygens (including phenoxy) is 1. The number of anilines is 1. The Labute approximate surface area is 170 Å². The third-order valence-corrected chi connectivity index (χ3v) is 6.03. The van der Waals surface area contributed by atoms with Crippen LogP contribution < -0.4 is 15.4 Å². The maximum Gasteiger partial charge on any atom is 0.231 e. The second-order valence-electron chi connectivity index (χ2n) is 6.42. The van der Waals surface area contributed by atoms with Gasteiger partial charge in [-0.2, -0.15) is 0 Å². The van der Waals surface area contributed by atoms with E-state index >= 15 is 0 Å². The lowest BCUT2D eigenvalue weighted by atomic mass is 10.0. The molecular weight excluding hydrogens is 394 g/mol. The van der Waals surface area contributed by atoms with E-state index in [-0.39, 0.29) is 24.3 Å². The van der Waals surface area contributed by atoms with Crippen molar-refractivity contribution < 1.29 is 14.3 Å². The van der Waals surface area contributed by atoms with Gasteiger partial charge in [-0.15, -0.1) is 22.7 Å². The molecule has 1 aromatic carbocycles. The Morgan fingerprint density at radius 1 is 1.11 bits per heavy atom. The summed E-state index contributed by atoms with van der Waals surface area (Å²) in [6.07, 6.45) is 1.25. The fourth-order valence-electron chi connectivity index (χ4n) is 3.08. The van der Waals surface area contributed by atoms with Gasteiger partial charge >= 0.3 is 0 Å². The van der Waals surface area contributed by atoms with Crippen LogP contribution in [-0.4, -0.2) is 23.4 Å². The van der Waals surface area contributed by atoms with E-state index in [0.29, 0.717) is 23.9 Å². The number of thiazole rings is 1. The standard InChI is InChI=1S/C20H19N3O3S2/c24-18(22-16-7-8-26-17-6-2-1-5-15(16)17)10-13-12-28-20(21-13)23-19(25)11-14-4-3-9-27-14/h1-6,9,12,16H,7-8,10-11H2,(H,22,24)(H,21,23,25)/t16-/m1/s1. The molecule has 1 atom stereocenters. The van der Waals surface area contributed by atoms with Gasteiger partial charge in [0.15, 0.2) is 5.13 Å². The summed E-state index contributed by atoms with van der Waals surface area (Å²) in [7, 11) is 0. The number of aromatic nitrogens is 1. The van der Waals surface area contributed by atoms with E-state index in [1.165, 1.54) is 11.3 Å². The molecule has 1 aliphatic rings. The van der Waals surface area contributed by atoms with Gasteiger partial charge < -0.3 is 15.4 Å². The quantitative estimate of drug-likeness (QED) is 0.647. The van der Waals surface area contributed by atoms with Crippen molar-refractivity contribution in [1.29, 1.82) is 0 Å². The summed E-state index contributed by atoms with van der Waals surface area (Å²) in [6.45, 7) is 0.582. The first kappa shape index (κ1) is 18.6. The second kappa shape index (κ2) is 8.53. The Morgan fingerprint density at radius 3 is 2.86 bits per heavy atom. The molecule has 3 aromatic rings. The lowest BCUT2D eigenvalue weighted by Crippen LogP contribution is -2.33. The van der Waals surface area contributed by atoms with Crippen molar-refractivity contribution in [2.45, 2.75) is 25.3 Å². The summed E-state index contributed by atoms with van der Waals surface area (Å²) in [5.41, 5.74) is 1.65. The smallest absolute Gasteiger partial charge is 0.231 e. The van der Waals surface area contributed by atoms with E-state index in [4.69, 9.17) is 4.74 Å². The molecule has 28 heavy (non-hydrogen) atoms. The van der Waals surface area contributed by atoms with Gasteiger partial charge in [-0.05, 0) is 17.5 Å². The number of carbonyl (C=O) groups is 2. The fourth-order valence-corrected chi connectivity index (χ4v) is 4.51. The lowest BCUT2D eigenvalue weighted by Gasteiger charge is -2.26. The minimum absolute atomic E-state index is 0.0546. The number of hydrogen-bond acceptors (Lipinski definition) is 6. The normalized spacial score (nSPS) is 15.4. The van der Waals surface area contributed by atoms with Crippen molar-refractivity contribution >= 4 is 39.6 Å². The molecule has 2 amide bonds. The third kappa shape index (κ3) is 4.58. The summed E-state index contributed by atoms with van der Waals surface area (Å²) in [5.74, 6) is 0.624. The molecule has 6 nitrogen and oxygen atoms in total. The number of amides is 2. The first-order chi connectivity index (χ1) is 13.7. The van der Waals surface area contributed by atoms with Crippen LogP contribution >= 0.6 is 22.7 Å². The molecule has 2 N–H and O–H groups in total. The average molecular weight is 414 g/mol. The number of carbonyl (C=O) groups excluding carboxylic acids is 2. The van der Waals surface area contributed by atoms with Gasteiger partial charge in [-0.3, -0.25) is 9.59 Å². The second-order valence-corrected chi connectivity index (χ2v) is 8.31. The number of nitrogens with one attached hydrogen (secondary N) is 2. The Morgan fingerprint density at radius 2 is 2.00 bits per heavy atom. The van der Waals surface area contributed by atoms with Crippen molar-refractivity contribution in [3.05, 3.63) is 63.3 Å². The van der Waals surface area contributed by atoms with Crippen LogP contribution in [0.2, 0.25) is 0 Å². The van der Waals surface area contributed by atoms with E-state index in [1.54, 1.807) is 16.7 Å². The summed E-state index contributed by atoms with van der Waals surface area (Å²) in [5, 5.41) is 10.1. The van der Waals surface area contributed by atoms with Gasteiger partial charge in [0.1, 0.15) is 5.75 Å². The van der Waals surface area contributed by atoms with Crippen molar-refractivity contribution in [2.75, 3.05) is 11.9 Å². The van der Waals surface area contributed by atoms with Gasteiger partial charge in [-0.1, -0.05) is 24.3 Å². The van der Waals surface area contributed by atoms with Crippen LogP contribution in [0.25, 0.3) is 0 Å². The number of hydrogen-bond donors (Lipinski definition) is 2. The summed E-state index contributed by atoms with van der Waals surface area (Å²) in [6, 6.07) is 11.6. The Hall–Kier alpha value is -2.71. The van der Waals surface area contributed by atoms with E-state index in [2.05, 4.69) is 15.6 Å². The average Bonchev–Trinajstić information content (AvgIpc) is 3.34. The summed E-state index contributed by atoms with van der Waals surface area (Å²) >= 11 is 2.87. The highest BCUT2D eigenvalue weighted by molar-refractivity contribution is 7.14. The van der Waals surface area contributed by atoms with Crippen molar-refractivity contribution in [3.8, 4) is 5.75 Å². The number of benzene rings is 1. The largest absolute Gasteiger partial charge is 0.493 e. The maximum atomic E-state index is 12.5. The predicted octanol–water partition coefficient (Wildman–Crippen LogP) is 3.57. The Kier molecular flexibility index (Phi) is 5.68. The molecule has 0 bridgehead atoms. The zero-order chi connectivity index (χ0) is 19.3.